The van der Waals surface area contributed by atoms with Crippen LogP contribution < -0.4 is 14.4 Å². The molecule has 3 rings (SSSR count). The number of hydrogen-bond donors (Lipinski definition) is 1. The number of nitrogens with zero attached hydrogens (tertiary/aromatic N) is 1. The summed E-state index contributed by atoms with van der Waals surface area (Å²) in [6.45, 7) is 1.16. The standard InChI is InChI=1S/C22H20ClFN2O4S/c1-15-7-10-17(11-8-15)31(28,29)26(20-6-4-3-5-18(20)24)14-22(27)25-19-13-16(23)9-12-21(19)30-2/h3-13H,14H2,1-2H3,(H,25,27). The predicted molar refractivity (Wildman–Crippen MR) is 119 cm³/mol. The molecule has 3 aromatic rings. The topological polar surface area (TPSA) is 75.7 Å². The van der Waals surface area contributed by atoms with E-state index in [1.54, 1.807) is 24.3 Å². The fourth-order valence-corrected chi connectivity index (χ4v) is 4.49. The lowest BCUT2D eigenvalue weighted by Crippen LogP contribution is -2.38. The number of para-hydroxylation sites is 1. The van der Waals surface area contributed by atoms with Crippen molar-refractivity contribution in [1.82, 2.24) is 0 Å². The highest BCUT2D eigenvalue weighted by atomic mass is 35.5. The molecule has 0 atom stereocenters. The zero-order valence-electron chi connectivity index (χ0n) is 16.8. The molecule has 31 heavy (non-hydrogen) atoms. The summed E-state index contributed by atoms with van der Waals surface area (Å²) in [4.78, 5) is 12.7. The van der Waals surface area contributed by atoms with Gasteiger partial charge in [-0.25, -0.2) is 12.8 Å². The first-order valence-corrected chi connectivity index (χ1v) is 11.0. The second-order valence-corrected chi connectivity index (χ2v) is 8.97. The largest absolute Gasteiger partial charge is 0.495 e. The number of hydrogen-bond acceptors (Lipinski definition) is 4. The Hall–Kier alpha value is -3.10. The molecule has 1 N–H and O–H groups in total. The van der Waals surface area contributed by atoms with Crippen molar-refractivity contribution >= 4 is 38.9 Å². The first-order valence-electron chi connectivity index (χ1n) is 9.19. The highest BCUT2D eigenvalue weighted by molar-refractivity contribution is 7.92. The molecule has 0 heterocycles. The molecule has 0 saturated carbocycles. The van der Waals surface area contributed by atoms with Crippen molar-refractivity contribution in [1.29, 1.82) is 0 Å². The lowest BCUT2D eigenvalue weighted by atomic mass is 10.2. The van der Waals surface area contributed by atoms with Crippen LogP contribution in [0.15, 0.2) is 71.6 Å². The second-order valence-electron chi connectivity index (χ2n) is 6.67. The smallest absolute Gasteiger partial charge is 0.264 e. The van der Waals surface area contributed by atoms with Crippen molar-refractivity contribution in [3.8, 4) is 5.75 Å². The van der Waals surface area contributed by atoms with E-state index in [1.807, 2.05) is 6.92 Å². The van der Waals surface area contributed by atoms with Crippen LogP contribution in [0.25, 0.3) is 0 Å². The Bertz CT molecular complexity index is 1200. The van der Waals surface area contributed by atoms with Gasteiger partial charge in [0.15, 0.2) is 0 Å². The normalized spacial score (nSPS) is 11.1. The van der Waals surface area contributed by atoms with E-state index in [0.29, 0.717) is 10.8 Å². The van der Waals surface area contributed by atoms with Crippen LogP contribution in [0, 0.1) is 12.7 Å². The van der Waals surface area contributed by atoms with Crippen LogP contribution in [-0.4, -0.2) is 28.0 Å². The molecule has 0 fully saturated rings. The SMILES string of the molecule is COc1ccc(Cl)cc1NC(=O)CN(c1ccccc1F)S(=O)(=O)c1ccc(C)cc1. The van der Waals surface area contributed by atoms with Gasteiger partial charge < -0.3 is 10.1 Å². The van der Waals surface area contributed by atoms with Crippen molar-refractivity contribution in [2.24, 2.45) is 0 Å². The molecular weight excluding hydrogens is 443 g/mol. The molecular formula is C22H20ClFN2O4S. The van der Waals surface area contributed by atoms with Crippen LogP contribution in [-0.2, 0) is 14.8 Å². The third-order valence-corrected chi connectivity index (χ3v) is 6.46. The van der Waals surface area contributed by atoms with Gasteiger partial charge in [-0.3, -0.25) is 9.10 Å². The van der Waals surface area contributed by atoms with Crippen LogP contribution in [0.2, 0.25) is 5.02 Å². The van der Waals surface area contributed by atoms with Gasteiger partial charge in [-0.1, -0.05) is 41.4 Å². The Morgan fingerprint density at radius 1 is 1.10 bits per heavy atom. The Kier molecular flexibility index (Phi) is 6.82. The molecule has 0 aromatic heterocycles. The first kappa shape index (κ1) is 22.6. The number of nitrogens with one attached hydrogen (secondary N) is 1. The van der Waals surface area contributed by atoms with E-state index < -0.39 is 28.3 Å². The number of anilines is 2. The molecule has 0 aliphatic rings. The van der Waals surface area contributed by atoms with Crippen LogP contribution in [0.3, 0.4) is 0 Å². The van der Waals surface area contributed by atoms with Crippen LogP contribution >= 0.6 is 11.6 Å². The number of sulfonamides is 1. The Morgan fingerprint density at radius 2 is 1.77 bits per heavy atom. The number of halogens is 2. The van der Waals surface area contributed by atoms with E-state index in [1.165, 1.54) is 43.5 Å². The molecule has 0 radical (unpaired) electrons. The van der Waals surface area contributed by atoms with Gasteiger partial charge in [0.25, 0.3) is 10.0 Å². The lowest BCUT2D eigenvalue weighted by Gasteiger charge is -2.24. The minimum atomic E-state index is -4.23. The Labute approximate surface area is 185 Å². The van der Waals surface area contributed by atoms with E-state index in [0.717, 1.165) is 15.9 Å². The average Bonchev–Trinajstić information content (AvgIpc) is 2.73. The molecule has 0 unspecified atom stereocenters. The van der Waals surface area contributed by atoms with E-state index in [-0.39, 0.29) is 16.3 Å². The maximum atomic E-state index is 14.5. The van der Waals surface area contributed by atoms with Gasteiger partial charge >= 0.3 is 0 Å². The van der Waals surface area contributed by atoms with Gasteiger partial charge in [-0.05, 0) is 49.4 Å². The Morgan fingerprint density at radius 3 is 2.42 bits per heavy atom. The lowest BCUT2D eigenvalue weighted by molar-refractivity contribution is -0.114. The molecule has 0 saturated heterocycles. The third kappa shape index (κ3) is 5.15. The maximum absolute atomic E-state index is 14.5. The van der Waals surface area contributed by atoms with Gasteiger partial charge in [0, 0.05) is 5.02 Å². The van der Waals surface area contributed by atoms with Crippen LogP contribution in [0.4, 0.5) is 15.8 Å². The minimum absolute atomic E-state index is 0.0607. The fourth-order valence-electron chi connectivity index (χ4n) is 2.89. The van der Waals surface area contributed by atoms with Gasteiger partial charge in [0.2, 0.25) is 5.91 Å². The molecule has 0 spiro atoms. The second kappa shape index (κ2) is 9.36. The van der Waals surface area contributed by atoms with Gasteiger partial charge in [0.05, 0.1) is 23.4 Å². The van der Waals surface area contributed by atoms with Gasteiger partial charge in [0.1, 0.15) is 18.1 Å². The molecule has 1 amide bonds. The zero-order chi connectivity index (χ0) is 22.6. The molecule has 9 heteroatoms. The summed E-state index contributed by atoms with van der Waals surface area (Å²) >= 11 is 5.98. The van der Waals surface area contributed by atoms with Crippen LogP contribution in [0.1, 0.15) is 5.56 Å². The quantitative estimate of drug-likeness (QED) is 0.555. The minimum Gasteiger partial charge on any atom is -0.495 e. The summed E-state index contributed by atoms with van der Waals surface area (Å²) in [6, 6.07) is 16.1. The summed E-state index contributed by atoms with van der Waals surface area (Å²) in [5, 5.41) is 2.93. The number of carbonyl (C=O) groups excluding carboxylic acids is 1. The summed E-state index contributed by atoms with van der Waals surface area (Å²) in [7, 11) is -2.81. The Balaban J connectivity index is 1.98. The summed E-state index contributed by atoms with van der Waals surface area (Å²) in [5.41, 5.74) is 0.889. The molecule has 162 valence electrons. The average molecular weight is 463 g/mol. The van der Waals surface area contributed by atoms with E-state index in [9.17, 15) is 17.6 Å². The number of methoxy groups -OCH3 is 1. The summed E-state index contributed by atoms with van der Waals surface area (Å²) in [6.07, 6.45) is 0. The molecule has 3 aromatic carbocycles. The van der Waals surface area contributed by atoms with E-state index in [2.05, 4.69) is 5.32 Å². The number of carbonyl (C=O) groups is 1. The molecule has 0 aliphatic heterocycles. The van der Waals surface area contributed by atoms with Crippen LogP contribution in [0.5, 0.6) is 5.75 Å². The van der Waals surface area contributed by atoms with Gasteiger partial charge in [-0.2, -0.15) is 0 Å². The van der Waals surface area contributed by atoms with Crippen molar-refractivity contribution in [3.05, 3.63) is 83.1 Å². The number of benzene rings is 3. The molecule has 6 nitrogen and oxygen atoms in total. The number of amides is 1. The van der Waals surface area contributed by atoms with Crippen molar-refractivity contribution in [2.45, 2.75) is 11.8 Å². The highest BCUT2D eigenvalue weighted by Crippen LogP contribution is 2.29. The monoisotopic (exact) mass is 462 g/mol. The highest BCUT2D eigenvalue weighted by Gasteiger charge is 2.29. The van der Waals surface area contributed by atoms with Crippen molar-refractivity contribution in [3.63, 3.8) is 0 Å². The first-order chi connectivity index (χ1) is 14.7. The number of rotatable bonds is 7. The van der Waals surface area contributed by atoms with Crippen molar-refractivity contribution < 1.29 is 22.3 Å². The predicted octanol–water partition coefficient (Wildman–Crippen LogP) is 4.63. The van der Waals surface area contributed by atoms with Gasteiger partial charge in [-0.15, -0.1) is 0 Å². The molecule has 0 aliphatic carbocycles. The number of ether oxygens (including phenoxy) is 1. The summed E-state index contributed by atoms with van der Waals surface area (Å²) < 4.78 is 47.0. The fraction of sp³-hybridized carbons (Fsp3) is 0.136. The third-order valence-electron chi connectivity index (χ3n) is 4.45. The molecule has 0 bridgehead atoms. The van der Waals surface area contributed by atoms with Crippen molar-refractivity contribution in [2.75, 3.05) is 23.3 Å². The van der Waals surface area contributed by atoms with E-state index in [4.69, 9.17) is 16.3 Å². The zero-order valence-corrected chi connectivity index (χ0v) is 18.4. The van der Waals surface area contributed by atoms with E-state index >= 15 is 0 Å². The summed E-state index contributed by atoms with van der Waals surface area (Å²) in [5.74, 6) is -1.12. The maximum Gasteiger partial charge on any atom is 0.264 e. The number of aryl methyl sites for hydroxylation is 1.